The number of carbonyl (C=O) groups excluding carboxylic acids is 1. The van der Waals surface area contributed by atoms with E-state index in [4.69, 9.17) is 0 Å². The molecule has 3 aromatic carbocycles. The van der Waals surface area contributed by atoms with E-state index >= 15 is 0 Å². The summed E-state index contributed by atoms with van der Waals surface area (Å²) in [6.45, 7) is 1.37. The van der Waals surface area contributed by atoms with Crippen molar-refractivity contribution in [2.24, 2.45) is 0 Å². The highest BCUT2D eigenvalue weighted by atomic mass is 16.3. The first-order valence-electron chi connectivity index (χ1n) is 7.47. The quantitative estimate of drug-likeness (QED) is 0.596. The van der Waals surface area contributed by atoms with Gasteiger partial charge in [-0.15, -0.1) is 0 Å². The maximum Gasteiger partial charge on any atom is 0.217 e. The predicted molar refractivity (Wildman–Crippen MR) is 91.0 cm³/mol. The highest BCUT2D eigenvalue weighted by molar-refractivity contribution is 5.89. The van der Waals surface area contributed by atoms with E-state index in [9.17, 15) is 20.1 Å². The van der Waals surface area contributed by atoms with Crippen LogP contribution in [-0.2, 0) is 4.79 Å². The van der Waals surface area contributed by atoms with E-state index in [1.807, 2.05) is 24.3 Å². The number of amides is 1. The Balaban J connectivity index is 2.27. The molecule has 0 aliphatic rings. The second-order valence-corrected chi connectivity index (χ2v) is 5.60. The molecule has 0 radical (unpaired) electrons. The molecule has 122 valence electrons. The second kappa shape index (κ2) is 6.12. The topological polar surface area (TPSA) is 89.8 Å². The minimum atomic E-state index is -0.755. The molecule has 0 saturated carbocycles. The summed E-state index contributed by atoms with van der Waals surface area (Å²) in [5.41, 5.74) is 0.874. The third-order valence-electron chi connectivity index (χ3n) is 3.91. The lowest BCUT2D eigenvalue weighted by Crippen LogP contribution is -2.27. The first-order valence-corrected chi connectivity index (χ1v) is 7.47. The standard InChI is InChI=1S/C19H17NO4/c1-11(21)20-19(15-8-7-13(22)10-17(15)24)18-14-5-3-2-4-12(14)6-9-16(18)23/h2-10,19,22-24H,1H3,(H,20,21). The minimum absolute atomic E-state index is 0.0138. The van der Waals surface area contributed by atoms with Gasteiger partial charge < -0.3 is 20.6 Å². The third kappa shape index (κ3) is 2.84. The van der Waals surface area contributed by atoms with E-state index in [0.717, 1.165) is 10.8 Å². The van der Waals surface area contributed by atoms with Gasteiger partial charge in [0.05, 0.1) is 6.04 Å². The summed E-state index contributed by atoms with van der Waals surface area (Å²) in [5, 5.41) is 34.6. The Morgan fingerprint density at radius 1 is 0.958 bits per heavy atom. The number of aromatic hydroxyl groups is 3. The molecule has 4 N–H and O–H groups in total. The molecule has 0 aromatic heterocycles. The van der Waals surface area contributed by atoms with Crippen LogP contribution in [0.2, 0.25) is 0 Å². The first-order chi connectivity index (χ1) is 11.5. The molecule has 0 aliphatic heterocycles. The van der Waals surface area contributed by atoms with Crippen molar-refractivity contribution >= 4 is 16.7 Å². The zero-order chi connectivity index (χ0) is 17.3. The lowest BCUT2D eigenvalue weighted by molar-refractivity contribution is -0.119. The SMILES string of the molecule is CC(=O)NC(c1ccc(O)cc1O)c1c(O)ccc2ccccc12. The number of phenolic OH excluding ortho intramolecular Hbond substituents is 3. The van der Waals surface area contributed by atoms with Crippen LogP contribution < -0.4 is 5.32 Å². The van der Waals surface area contributed by atoms with E-state index < -0.39 is 6.04 Å². The maximum atomic E-state index is 11.7. The van der Waals surface area contributed by atoms with Crippen molar-refractivity contribution in [2.75, 3.05) is 0 Å². The van der Waals surface area contributed by atoms with Crippen LogP contribution in [0.15, 0.2) is 54.6 Å². The van der Waals surface area contributed by atoms with Gasteiger partial charge in [0.25, 0.3) is 0 Å². The van der Waals surface area contributed by atoms with E-state index in [-0.39, 0.29) is 23.2 Å². The van der Waals surface area contributed by atoms with Crippen LogP contribution in [0.5, 0.6) is 17.2 Å². The van der Waals surface area contributed by atoms with E-state index in [1.54, 1.807) is 12.1 Å². The molecule has 3 rings (SSSR count). The molecular weight excluding hydrogens is 306 g/mol. The number of fused-ring (bicyclic) bond motifs is 1. The number of nitrogens with one attached hydrogen (secondary N) is 1. The van der Waals surface area contributed by atoms with E-state index in [1.165, 1.54) is 25.1 Å². The summed E-state index contributed by atoms with van der Waals surface area (Å²) < 4.78 is 0. The van der Waals surface area contributed by atoms with Gasteiger partial charge >= 0.3 is 0 Å². The van der Waals surface area contributed by atoms with Crippen molar-refractivity contribution in [3.8, 4) is 17.2 Å². The molecule has 0 fully saturated rings. The lowest BCUT2D eigenvalue weighted by atomic mass is 9.92. The molecule has 0 bridgehead atoms. The number of hydrogen-bond donors (Lipinski definition) is 4. The molecule has 3 aromatic rings. The Hall–Kier alpha value is -3.21. The average molecular weight is 323 g/mol. The zero-order valence-corrected chi connectivity index (χ0v) is 13.0. The van der Waals surface area contributed by atoms with Crippen molar-refractivity contribution in [3.05, 3.63) is 65.7 Å². The molecular formula is C19H17NO4. The molecule has 24 heavy (non-hydrogen) atoms. The van der Waals surface area contributed by atoms with Crippen LogP contribution in [0.3, 0.4) is 0 Å². The summed E-state index contributed by atoms with van der Waals surface area (Å²) in [6.07, 6.45) is 0. The summed E-state index contributed by atoms with van der Waals surface area (Å²) in [7, 11) is 0. The fraction of sp³-hybridized carbons (Fsp3) is 0.105. The van der Waals surface area contributed by atoms with Crippen molar-refractivity contribution in [3.63, 3.8) is 0 Å². The Kier molecular flexibility index (Phi) is 4.00. The van der Waals surface area contributed by atoms with Gasteiger partial charge in [0.15, 0.2) is 0 Å². The van der Waals surface area contributed by atoms with Crippen LogP contribution in [0.1, 0.15) is 24.1 Å². The molecule has 0 saturated heterocycles. The second-order valence-electron chi connectivity index (χ2n) is 5.60. The maximum absolute atomic E-state index is 11.7. The average Bonchev–Trinajstić information content (AvgIpc) is 2.53. The molecule has 0 aliphatic carbocycles. The predicted octanol–water partition coefficient (Wildman–Crippen LogP) is 3.18. The van der Waals surface area contributed by atoms with Crippen LogP contribution in [0, 0.1) is 0 Å². The van der Waals surface area contributed by atoms with Crippen LogP contribution >= 0.6 is 0 Å². The highest BCUT2D eigenvalue weighted by Gasteiger charge is 2.24. The normalized spacial score (nSPS) is 12.0. The Labute approximate surface area is 138 Å². The van der Waals surface area contributed by atoms with Crippen molar-refractivity contribution < 1.29 is 20.1 Å². The fourth-order valence-corrected chi connectivity index (χ4v) is 2.87. The summed E-state index contributed by atoms with van der Waals surface area (Å²) in [4.78, 5) is 11.7. The van der Waals surface area contributed by atoms with E-state index in [0.29, 0.717) is 11.1 Å². The summed E-state index contributed by atoms with van der Waals surface area (Å²) >= 11 is 0. The van der Waals surface area contributed by atoms with Crippen molar-refractivity contribution in [2.45, 2.75) is 13.0 Å². The van der Waals surface area contributed by atoms with Crippen molar-refractivity contribution in [1.82, 2.24) is 5.32 Å². The molecule has 1 atom stereocenters. The fourth-order valence-electron chi connectivity index (χ4n) is 2.87. The van der Waals surface area contributed by atoms with Gasteiger partial charge in [0.2, 0.25) is 5.91 Å². The molecule has 1 amide bonds. The van der Waals surface area contributed by atoms with Crippen LogP contribution in [0.25, 0.3) is 10.8 Å². The largest absolute Gasteiger partial charge is 0.508 e. The molecule has 5 heteroatoms. The van der Waals surface area contributed by atoms with Crippen LogP contribution in [0.4, 0.5) is 0 Å². The summed E-state index contributed by atoms with van der Waals surface area (Å²) in [5.74, 6) is -0.541. The van der Waals surface area contributed by atoms with E-state index in [2.05, 4.69) is 5.32 Å². The number of carbonyl (C=O) groups is 1. The lowest BCUT2D eigenvalue weighted by Gasteiger charge is -2.22. The zero-order valence-electron chi connectivity index (χ0n) is 13.0. The molecule has 5 nitrogen and oxygen atoms in total. The van der Waals surface area contributed by atoms with Gasteiger partial charge in [0.1, 0.15) is 17.2 Å². The van der Waals surface area contributed by atoms with Crippen LogP contribution in [-0.4, -0.2) is 21.2 Å². The van der Waals surface area contributed by atoms with Gasteiger partial charge in [-0.05, 0) is 29.0 Å². The Morgan fingerprint density at radius 2 is 1.71 bits per heavy atom. The van der Waals surface area contributed by atoms with Gasteiger partial charge in [-0.3, -0.25) is 4.79 Å². The third-order valence-corrected chi connectivity index (χ3v) is 3.91. The molecule has 0 spiro atoms. The summed E-state index contributed by atoms with van der Waals surface area (Å²) in [6, 6.07) is 14.2. The van der Waals surface area contributed by atoms with Crippen molar-refractivity contribution in [1.29, 1.82) is 0 Å². The monoisotopic (exact) mass is 323 g/mol. The molecule has 0 heterocycles. The van der Waals surface area contributed by atoms with Gasteiger partial charge in [0, 0.05) is 24.1 Å². The van der Waals surface area contributed by atoms with Gasteiger partial charge in [-0.25, -0.2) is 0 Å². The Morgan fingerprint density at radius 3 is 2.42 bits per heavy atom. The van der Waals surface area contributed by atoms with Gasteiger partial charge in [-0.1, -0.05) is 30.3 Å². The van der Waals surface area contributed by atoms with Gasteiger partial charge in [-0.2, -0.15) is 0 Å². The first kappa shape index (κ1) is 15.7. The number of benzene rings is 3. The highest BCUT2D eigenvalue weighted by Crippen LogP contribution is 2.39. The minimum Gasteiger partial charge on any atom is -0.508 e. The number of phenols is 3. The number of hydrogen-bond acceptors (Lipinski definition) is 4. The number of rotatable bonds is 3. The smallest absolute Gasteiger partial charge is 0.217 e. The molecule has 1 unspecified atom stereocenters. The Bertz CT molecular complexity index is 920.